The number of nitrogens with two attached hydrogens (primary N) is 1. The molecule has 0 radical (unpaired) electrons. The Morgan fingerprint density at radius 1 is 1.29 bits per heavy atom. The molecule has 116 valence electrons. The average Bonchev–Trinajstić information content (AvgIpc) is 2.36. The lowest BCUT2D eigenvalue weighted by Gasteiger charge is -2.24. The van der Waals surface area contributed by atoms with Crippen LogP contribution in [0.25, 0.3) is 0 Å². The number of halogens is 3. The Morgan fingerprint density at radius 3 is 2.24 bits per heavy atom. The molecule has 0 unspecified atom stereocenters. The average molecular weight is 303 g/mol. The highest BCUT2D eigenvalue weighted by Crippen LogP contribution is 2.29. The molecule has 0 saturated carbocycles. The Kier molecular flexibility index (Phi) is 4.82. The molecule has 8 heteroatoms. The van der Waals surface area contributed by atoms with Crippen LogP contribution < -0.4 is 11.1 Å². The lowest BCUT2D eigenvalue weighted by atomic mass is 10.0. The van der Waals surface area contributed by atoms with Gasteiger partial charge in [0.15, 0.2) is 5.84 Å². The van der Waals surface area contributed by atoms with Crippen LogP contribution in [-0.2, 0) is 17.4 Å². The molecule has 21 heavy (non-hydrogen) atoms. The van der Waals surface area contributed by atoms with Crippen molar-refractivity contribution in [2.45, 2.75) is 32.0 Å². The molecule has 0 spiro atoms. The minimum Gasteiger partial charge on any atom is -0.409 e. The van der Waals surface area contributed by atoms with Gasteiger partial charge in [-0.25, -0.2) is 0 Å². The van der Waals surface area contributed by atoms with Crippen LogP contribution in [0, 0.1) is 0 Å². The molecule has 1 aromatic rings. The number of carbonyl (C=O) groups excluding carboxylic acids is 1. The van der Waals surface area contributed by atoms with Crippen molar-refractivity contribution in [1.82, 2.24) is 5.32 Å². The molecule has 0 aliphatic heterocycles. The maximum Gasteiger partial charge on any atom is 0.416 e. The first-order valence-corrected chi connectivity index (χ1v) is 6.01. The molecular formula is C13H16F3N3O2. The van der Waals surface area contributed by atoms with Crippen LogP contribution in [0.4, 0.5) is 13.2 Å². The fourth-order valence-corrected chi connectivity index (χ4v) is 1.58. The van der Waals surface area contributed by atoms with E-state index >= 15 is 0 Å². The number of hydrogen-bond donors (Lipinski definition) is 3. The monoisotopic (exact) mass is 303 g/mol. The molecule has 0 saturated heterocycles. The topological polar surface area (TPSA) is 87.7 Å². The second-order valence-electron chi connectivity index (χ2n) is 5.03. The van der Waals surface area contributed by atoms with Crippen molar-refractivity contribution in [1.29, 1.82) is 0 Å². The third kappa shape index (κ3) is 4.66. The maximum absolute atomic E-state index is 12.4. The predicted octanol–water partition coefficient (Wildman–Crippen LogP) is 1.89. The largest absolute Gasteiger partial charge is 0.416 e. The molecule has 1 amide bonds. The van der Waals surface area contributed by atoms with Gasteiger partial charge in [-0.1, -0.05) is 17.3 Å². The number of amides is 1. The first-order valence-electron chi connectivity index (χ1n) is 6.01. The zero-order valence-electron chi connectivity index (χ0n) is 11.5. The lowest BCUT2D eigenvalue weighted by molar-refractivity contribution is -0.137. The Bertz CT molecular complexity index is 537. The zero-order valence-corrected chi connectivity index (χ0v) is 11.5. The van der Waals surface area contributed by atoms with Crippen LogP contribution in [-0.4, -0.2) is 22.5 Å². The Morgan fingerprint density at radius 2 is 1.81 bits per heavy atom. The number of nitrogens with one attached hydrogen (secondary N) is 1. The van der Waals surface area contributed by atoms with Crippen molar-refractivity contribution >= 4 is 11.7 Å². The number of amidine groups is 1. The van der Waals surface area contributed by atoms with E-state index in [2.05, 4.69) is 10.5 Å². The van der Waals surface area contributed by atoms with Crippen molar-refractivity contribution in [2.75, 3.05) is 0 Å². The predicted molar refractivity (Wildman–Crippen MR) is 70.8 cm³/mol. The first kappa shape index (κ1) is 16.8. The fraction of sp³-hybridized carbons (Fsp3) is 0.385. The number of oxime groups is 1. The quantitative estimate of drug-likeness (QED) is 0.343. The zero-order chi connectivity index (χ0) is 16.3. The summed E-state index contributed by atoms with van der Waals surface area (Å²) in [6.45, 7) is 3.07. The highest BCUT2D eigenvalue weighted by Gasteiger charge is 2.30. The molecule has 0 fully saturated rings. The fourth-order valence-electron chi connectivity index (χ4n) is 1.58. The summed E-state index contributed by atoms with van der Waals surface area (Å²) in [5.41, 5.74) is 4.01. The SMILES string of the molecule is CC(C)(NC(=O)Cc1ccc(C(F)(F)F)cc1)C(N)=NO. The van der Waals surface area contributed by atoms with Gasteiger partial charge in [0.2, 0.25) is 5.91 Å². The van der Waals surface area contributed by atoms with Gasteiger partial charge in [-0.15, -0.1) is 0 Å². The Labute approximate surface area is 119 Å². The number of carbonyl (C=O) groups is 1. The lowest BCUT2D eigenvalue weighted by Crippen LogP contribution is -2.53. The van der Waals surface area contributed by atoms with E-state index in [1.807, 2.05) is 0 Å². The van der Waals surface area contributed by atoms with Crippen LogP contribution in [0.3, 0.4) is 0 Å². The van der Waals surface area contributed by atoms with Crippen LogP contribution in [0.1, 0.15) is 25.0 Å². The molecule has 4 N–H and O–H groups in total. The van der Waals surface area contributed by atoms with Crippen LogP contribution in [0.15, 0.2) is 29.4 Å². The minimum absolute atomic E-state index is 0.111. The van der Waals surface area contributed by atoms with E-state index < -0.39 is 23.2 Å². The van der Waals surface area contributed by atoms with Gasteiger partial charge < -0.3 is 16.3 Å². The first-order chi connectivity index (χ1) is 9.56. The molecular weight excluding hydrogens is 287 g/mol. The van der Waals surface area contributed by atoms with Crippen molar-refractivity contribution in [2.24, 2.45) is 10.9 Å². The van der Waals surface area contributed by atoms with Gasteiger partial charge in [-0.2, -0.15) is 13.2 Å². The number of rotatable bonds is 4. The van der Waals surface area contributed by atoms with Gasteiger partial charge in [-0.05, 0) is 31.5 Å². The highest BCUT2D eigenvalue weighted by atomic mass is 19.4. The summed E-state index contributed by atoms with van der Waals surface area (Å²) in [5, 5.41) is 13.9. The van der Waals surface area contributed by atoms with Gasteiger partial charge in [0.25, 0.3) is 0 Å². The number of benzene rings is 1. The molecule has 0 atom stereocenters. The van der Waals surface area contributed by atoms with E-state index in [0.717, 1.165) is 12.1 Å². The molecule has 5 nitrogen and oxygen atoms in total. The van der Waals surface area contributed by atoms with Gasteiger partial charge >= 0.3 is 6.18 Å². The molecule has 0 bridgehead atoms. The third-order valence-corrected chi connectivity index (χ3v) is 2.85. The van der Waals surface area contributed by atoms with Gasteiger partial charge in [-0.3, -0.25) is 4.79 Å². The number of nitrogens with zero attached hydrogens (tertiary/aromatic N) is 1. The molecule has 0 aliphatic carbocycles. The molecule has 0 heterocycles. The van der Waals surface area contributed by atoms with Crippen molar-refractivity contribution in [3.63, 3.8) is 0 Å². The highest BCUT2D eigenvalue weighted by molar-refractivity contribution is 5.93. The van der Waals surface area contributed by atoms with E-state index in [-0.39, 0.29) is 12.3 Å². The van der Waals surface area contributed by atoms with Crippen molar-refractivity contribution in [3.05, 3.63) is 35.4 Å². The van der Waals surface area contributed by atoms with E-state index in [0.29, 0.717) is 5.56 Å². The van der Waals surface area contributed by atoms with E-state index in [1.165, 1.54) is 26.0 Å². The third-order valence-electron chi connectivity index (χ3n) is 2.85. The van der Waals surface area contributed by atoms with Crippen molar-refractivity contribution in [3.8, 4) is 0 Å². The van der Waals surface area contributed by atoms with Gasteiger partial charge in [0.1, 0.15) is 0 Å². The Hall–Kier alpha value is -2.25. The Balaban J connectivity index is 2.72. The van der Waals surface area contributed by atoms with E-state index in [1.54, 1.807) is 0 Å². The smallest absolute Gasteiger partial charge is 0.409 e. The summed E-state index contributed by atoms with van der Waals surface area (Å²) in [4.78, 5) is 11.8. The molecule has 1 rings (SSSR count). The van der Waals surface area contributed by atoms with Crippen LogP contribution in [0.5, 0.6) is 0 Å². The van der Waals surface area contributed by atoms with Gasteiger partial charge in [0.05, 0.1) is 17.5 Å². The van der Waals surface area contributed by atoms with Crippen LogP contribution in [0.2, 0.25) is 0 Å². The number of hydrogen-bond acceptors (Lipinski definition) is 3. The second kappa shape index (κ2) is 6.02. The summed E-state index contributed by atoms with van der Waals surface area (Å²) >= 11 is 0. The van der Waals surface area contributed by atoms with Gasteiger partial charge in [0, 0.05) is 0 Å². The summed E-state index contributed by atoms with van der Waals surface area (Å²) in [6, 6.07) is 4.30. The minimum atomic E-state index is -4.41. The standard InChI is InChI=1S/C13H16F3N3O2/c1-12(2,11(17)19-21)18-10(20)7-8-3-5-9(6-4-8)13(14,15)16/h3-6,21H,7H2,1-2H3,(H2,17,19)(H,18,20). The molecule has 0 aromatic heterocycles. The summed E-state index contributed by atoms with van der Waals surface area (Å²) < 4.78 is 37.2. The number of alkyl halides is 3. The maximum atomic E-state index is 12.4. The molecule has 0 aliphatic rings. The van der Waals surface area contributed by atoms with Crippen molar-refractivity contribution < 1.29 is 23.2 Å². The van der Waals surface area contributed by atoms with E-state index in [9.17, 15) is 18.0 Å². The normalized spacial score (nSPS) is 13.1. The van der Waals surface area contributed by atoms with Crippen LogP contribution >= 0.6 is 0 Å². The summed E-state index contributed by atoms with van der Waals surface area (Å²) in [7, 11) is 0. The summed E-state index contributed by atoms with van der Waals surface area (Å²) in [6.07, 6.45) is -4.52. The molecule has 1 aromatic carbocycles. The second-order valence-corrected chi connectivity index (χ2v) is 5.03. The van der Waals surface area contributed by atoms with E-state index in [4.69, 9.17) is 10.9 Å². The summed E-state index contributed by atoms with van der Waals surface area (Å²) in [5.74, 6) is -0.630.